The number of rotatable bonds is 10. The highest BCUT2D eigenvalue weighted by molar-refractivity contribution is 9.10. The van der Waals surface area contributed by atoms with Crippen molar-refractivity contribution in [3.05, 3.63) is 63.0 Å². The van der Waals surface area contributed by atoms with Crippen LogP contribution in [0.1, 0.15) is 38.3 Å². The lowest BCUT2D eigenvalue weighted by molar-refractivity contribution is -0.150. The zero-order chi connectivity index (χ0) is 24.7. The molecule has 0 spiro atoms. The van der Waals surface area contributed by atoms with E-state index >= 15 is 0 Å². The van der Waals surface area contributed by atoms with Gasteiger partial charge in [0.05, 0.1) is 22.1 Å². The third-order valence-corrected chi connectivity index (χ3v) is 6.42. The van der Waals surface area contributed by atoms with Gasteiger partial charge in [-0.05, 0) is 77.3 Å². The molecule has 0 saturated carbocycles. The van der Waals surface area contributed by atoms with Gasteiger partial charge in [-0.3, -0.25) is 19.3 Å². The predicted molar refractivity (Wildman–Crippen MR) is 135 cm³/mol. The number of benzene rings is 2. The molecule has 3 rings (SSSR count). The summed E-state index contributed by atoms with van der Waals surface area (Å²) < 4.78 is 17.6. The summed E-state index contributed by atoms with van der Waals surface area (Å²) in [7, 11) is 0. The van der Waals surface area contributed by atoms with Crippen molar-refractivity contribution in [2.75, 3.05) is 13.2 Å². The van der Waals surface area contributed by atoms with Crippen molar-refractivity contribution >= 4 is 50.9 Å². The Morgan fingerprint density at radius 3 is 2.56 bits per heavy atom. The van der Waals surface area contributed by atoms with Gasteiger partial charge in [0.15, 0.2) is 11.5 Å². The van der Waals surface area contributed by atoms with E-state index in [0.29, 0.717) is 41.2 Å². The number of imide groups is 1. The topological polar surface area (TPSA) is 82.1 Å². The molecule has 0 radical (unpaired) electrons. The Morgan fingerprint density at radius 1 is 1.15 bits per heavy atom. The number of ether oxygens (including phenoxy) is 3. The Balaban J connectivity index is 1.78. The summed E-state index contributed by atoms with van der Waals surface area (Å²) in [6.45, 7) is 5.88. The Kier molecular flexibility index (Phi) is 9.18. The van der Waals surface area contributed by atoms with Crippen molar-refractivity contribution in [2.45, 2.75) is 39.9 Å². The minimum atomic E-state index is -0.612. The lowest BCUT2D eigenvalue weighted by Crippen LogP contribution is -2.35. The van der Waals surface area contributed by atoms with Crippen LogP contribution in [0.5, 0.6) is 11.5 Å². The molecular weight excluding hydrogens is 522 g/mol. The number of carbonyl (C=O) groups is 3. The third kappa shape index (κ3) is 6.64. The van der Waals surface area contributed by atoms with Crippen LogP contribution in [-0.4, -0.2) is 41.3 Å². The maximum atomic E-state index is 12.8. The lowest BCUT2D eigenvalue weighted by Gasteiger charge is -2.15. The molecule has 2 aromatic rings. The van der Waals surface area contributed by atoms with Crippen LogP contribution in [0.25, 0.3) is 6.08 Å². The molecule has 9 heteroatoms. The normalized spacial score (nSPS) is 15.5. The second-order valence-electron chi connectivity index (χ2n) is 7.51. The molecule has 1 fully saturated rings. The van der Waals surface area contributed by atoms with Crippen molar-refractivity contribution in [2.24, 2.45) is 0 Å². The fourth-order valence-corrected chi connectivity index (χ4v) is 4.48. The van der Waals surface area contributed by atoms with Crippen molar-refractivity contribution in [1.82, 2.24) is 4.90 Å². The van der Waals surface area contributed by atoms with Gasteiger partial charge in [-0.2, -0.15) is 0 Å². The van der Waals surface area contributed by atoms with Crippen LogP contribution in [0, 0.1) is 0 Å². The summed E-state index contributed by atoms with van der Waals surface area (Å²) in [5.41, 5.74) is 1.66. The first-order valence-corrected chi connectivity index (χ1v) is 12.5. The zero-order valence-corrected chi connectivity index (χ0v) is 21.6. The molecule has 0 aromatic heterocycles. The molecule has 1 heterocycles. The molecule has 0 unspecified atom stereocenters. The highest BCUT2D eigenvalue weighted by Crippen LogP contribution is 2.39. The molecule has 7 nitrogen and oxygen atoms in total. The fourth-order valence-electron chi connectivity index (χ4n) is 3.07. The molecule has 2 amide bonds. The average Bonchev–Trinajstić information content (AvgIpc) is 3.06. The molecule has 2 aromatic carbocycles. The molecule has 180 valence electrons. The summed E-state index contributed by atoms with van der Waals surface area (Å²) in [4.78, 5) is 38.3. The van der Waals surface area contributed by atoms with Crippen LogP contribution >= 0.6 is 27.7 Å². The highest BCUT2D eigenvalue weighted by atomic mass is 79.9. The lowest BCUT2D eigenvalue weighted by atomic mass is 10.1. The number of thioether (sulfide) groups is 1. The van der Waals surface area contributed by atoms with E-state index in [1.54, 1.807) is 25.1 Å². The molecule has 34 heavy (non-hydrogen) atoms. The van der Waals surface area contributed by atoms with E-state index in [0.717, 1.165) is 22.2 Å². The molecule has 1 aliphatic rings. The van der Waals surface area contributed by atoms with Crippen LogP contribution in [0.4, 0.5) is 4.79 Å². The molecule has 0 N–H and O–H groups in total. The summed E-state index contributed by atoms with van der Waals surface area (Å²) >= 11 is 4.31. The molecular formula is C25H26BrNO6S. The van der Waals surface area contributed by atoms with Gasteiger partial charge in [0.1, 0.15) is 13.2 Å². The van der Waals surface area contributed by atoms with E-state index < -0.39 is 23.7 Å². The van der Waals surface area contributed by atoms with Gasteiger partial charge >= 0.3 is 5.97 Å². The maximum Gasteiger partial charge on any atom is 0.326 e. The van der Waals surface area contributed by atoms with E-state index in [4.69, 9.17) is 14.2 Å². The van der Waals surface area contributed by atoms with Crippen molar-refractivity contribution in [1.29, 1.82) is 0 Å². The maximum absolute atomic E-state index is 12.8. The number of carbonyl (C=O) groups excluding carboxylic acids is 3. The van der Waals surface area contributed by atoms with Crippen molar-refractivity contribution in [3.8, 4) is 11.5 Å². The van der Waals surface area contributed by atoms with E-state index in [9.17, 15) is 14.4 Å². The van der Waals surface area contributed by atoms with Gasteiger partial charge in [-0.15, -0.1) is 0 Å². The minimum absolute atomic E-state index is 0.216. The summed E-state index contributed by atoms with van der Waals surface area (Å²) in [6, 6.07) is 13.3. The predicted octanol–water partition coefficient (Wildman–Crippen LogP) is 5.80. The van der Waals surface area contributed by atoms with E-state index in [1.807, 2.05) is 44.2 Å². The Hall–Kier alpha value is -2.78. The van der Waals surface area contributed by atoms with E-state index in [-0.39, 0.29) is 11.0 Å². The standard InChI is InChI=1S/C25H26BrNO6S/c1-4-16(3)33-22(28)14-27-24(29)21(34-25(27)30)13-18-11-19(26)23(20(12-18)31-5-2)32-15-17-9-7-6-8-10-17/h6-13,16H,4-5,14-15H2,1-3H3/b21-13+/t16-/m0/s1. The zero-order valence-electron chi connectivity index (χ0n) is 19.2. The molecule has 1 saturated heterocycles. The second-order valence-corrected chi connectivity index (χ2v) is 9.36. The van der Waals surface area contributed by atoms with E-state index in [2.05, 4.69) is 15.9 Å². The molecule has 1 aliphatic heterocycles. The number of halogens is 1. The van der Waals surface area contributed by atoms with Crippen LogP contribution in [-0.2, 0) is 20.9 Å². The van der Waals surface area contributed by atoms with Crippen LogP contribution < -0.4 is 9.47 Å². The summed E-state index contributed by atoms with van der Waals surface area (Å²) in [6.07, 6.45) is 1.97. The van der Waals surface area contributed by atoms with Gasteiger partial charge < -0.3 is 14.2 Å². The Morgan fingerprint density at radius 2 is 1.88 bits per heavy atom. The monoisotopic (exact) mass is 547 g/mol. The molecule has 0 aliphatic carbocycles. The Labute approximate surface area is 211 Å². The minimum Gasteiger partial charge on any atom is -0.490 e. The van der Waals surface area contributed by atoms with Crippen LogP contribution in [0.15, 0.2) is 51.8 Å². The van der Waals surface area contributed by atoms with Gasteiger partial charge in [0, 0.05) is 0 Å². The Bertz CT molecular complexity index is 1090. The summed E-state index contributed by atoms with van der Waals surface area (Å²) in [5.74, 6) is -0.0899. The van der Waals surface area contributed by atoms with Gasteiger partial charge in [-0.1, -0.05) is 37.3 Å². The SMILES string of the molecule is CCOc1cc(/C=C2/SC(=O)N(CC(=O)O[C@@H](C)CC)C2=O)cc(Br)c1OCc1ccccc1. The number of nitrogens with zero attached hydrogens (tertiary/aromatic N) is 1. The molecule has 1 atom stereocenters. The fraction of sp³-hybridized carbons (Fsp3) is 0.320. The first-order valence-electron chi connectivity index (χ1n) is 10.9. The van der Waals surface area contributed by atoms with Gasteiger partial charge in [0.2, 0.25) is 0 Å². The third-order valence-electron chi connectivity index (χ3n) is 4.92. The number of hydrogen-bond acceptors (Lipinski definition) is 7. The van der Waals surface area contributed by atoms with Gasteiger partial charge in [0.25, 0.3) is 11.1 Å². The smallest absolute Gasteiger partial charge is 0.326 e. The number of hydrogen-bond donors (Lipinski definition) is 0. The largest absolute Gasteiger partial charge is 0.490 e. The second kappa shape index (κ2) is 12.1. The van der Waals surface area contributed by atoms with Crippen molar-refractivity contribution < 1.29 is 28.6 Å². The average molecular weight is 548 g/mol. The first kappa shape index (κ1) is 25.8. The van der Waals surface area contributed by atoms with Crippen molar-refractivity contribution in [3.63, 3.8) is 0 Å². The summed E-state index contributed by atoms with van der Waals surface area (Å²) in [5, 5.41) is -0.510. The van der Waals surface area contributed by atoms with E-state index in [1.165, 1.54) is 0 Å². The number of esters is 1. The quantitative estimate of drug-likeness (QED) is 0.274. The number of amides is 2. The van der Waals surface area contributed by atoms with Crippen LogP contribution in [0.3, 0.4) is 0 Å². The molecule has 0 bridgehead atoms. The first-order chi connectivity index (χ1) is 16.3. The van der Waals surface area contributed by atoms with Gasteiger partial charge in [-0.25, -0.2) is 0 Å². The van der Waals surface area contributed by atoms with Crippen LogP contribution in [0.2, 0.25) is 0 Å². The highest BCUT2D eigenvalue weighted by Gasteiger charge is 2.37.